The van der Waals surface area contributed by atoms with Crippen LogP contribution in [0.4, 0.5) is 5.69 Å². The van der Waals surface area contributed by atoms with Crippen molar-refractivity contribution in [1.82, 2.24) is 10.4 Å². The number of ether oxygens (including phenoxy) is 1. The predicted molar refractivity (Wildman–Crippen MR) is 127 cm³/mol. The molecule has 8 heteroatoms. The second kappa shape index (κ2) is 9.69. The van der Waals surface area contributed by atoms with Crippen LogP contribution in [0.5, 0.6) is 5.75 Å². The molecule has 0 saturated carbocycles. The Hall–Kier alpha value is -4.59. The van der Waals surface area contributed by atoms with Crippen molar-refractivity contribution in [3.8, 4) is 17.0 Å². The zero-order chi connectivity index (χ0) is 23.2. The van der Waals surface area contributed by atoms with Gasteiger partial charge in [-0.1, -0.05) is 30.3 Å². The number of pyridine rings is 1. The first-order chi connectivity index (χ1) is 16.1. The molecule has 1 N–H and O–H groups in total. The molecule has 1 aromatic heterocycles. The third kappa shape index (κ3) is 4.85. The molecular weight excluding hydrogens is 420 g/mol. The van der Waals surface area contributed by atoms with Gasteiger partial charge in [-0.3, -0.25) is 14.9 Å². The number of benzene rings is 3. The Labute approximate surface area is 189 Å². The summed E-state index contributed by atoms with van der Waals surface area (Å²) in [4.78, 5) is 28.3. The van der Waals surface area contributed by atoms with Gasteiger partial charge in [-0.05, 0) is 49.4 Å². The fourth-order valence-corrected chi connectivity index (χ4v) is 3.38. The molecule has 8 nitrogen and oxygen atoms in total. The number of hydrogen-bond acceptors (Lipinski definition) is 6. The van der Waals surface area contributed by atoms with Crippen LogP contribution >= 0.6 is 0 Å². The standard InChI is InChI=1S/C25H20N4O4/c1-2-33-19-13-11-17(12-14-19)23-15-21(20-8-4-5-9-22(20)27-23)25(30)28-26-16-18-7-3-6-10-24(18)29(31)32/h3-16H,2H2,1H3,(H,28,30)/b26-16+. The Morgan fingerprint density at radius 3 is 2.58 bits per heavy atom. The van der Waals surface area contributed by atoms with Crippen LogP contribution in [0, 0.1) is 10.1 Å². The van der Waals surface area contributed by atoms with E-state index in [0.29, 0.717) is 28.8 Å². The van der Waals surface area contributed by atoms with E-state index in [0.717, 1.165) is 11.3 Å². The van der Waals surface area contributed by atoms with Gasteiger partial charge < -0.3 is 4.74 Å². The van der Waals surface area contributed by atoms with Gasteiger partial charge in [0.15, 0.2) is 0 Å². The molecule has 1 amide bonds. The molecule has 4 aromatic rings. The normalized spacial score (nSPS) is 10.9. The number of fused-ring (bicyclic) bond motifs is 1. The lowest BCUT2D eigenvalue weighted by molar-refractivity contribution is -0.385. The van der Waals surface area contributed by atoms with E-state index >= 15 is 0 Å². The summed E-state index contributed by atoms with van der Waals surface area (Å²) in [7, 11) is 0. The van der Waals surface area contributed by atoms with Gasteiger partial charge in [0.05, 0.1) is 40.1 Å². The van der Waals surface area contributed by atoms with E-state index in [9.17, 15) is 14.9 Å². The van der Waals surface area contributed by atoms with Crippen LogP contribution < -0.4 is 10.2 Å². The maximum atomic E-state index is 13.0. The van der Waals surface area contributed by atoms with Crippen molar-refractivity contribution in [2.24, 2.45) is 5.10 Å². The third-order valence-electron chi connectivity index (χ3n) is 4.93. The number of carbonyl (C=O) groups excluding carboxylic acids is 1. The van der Waals surface area contributed by atoms with Crippen molar-refractivity contribution < 1.29 is 14.5 Å². The average molecular weight is 440 g/mol. The number of hydrazone groups is 1. The first-order valence-electron chi connectivity index (χ1n) is 10.3. The van der Waals surface area contributed by atoms with Crippen molar-refractivity contribution >= 4 is 28.7 Å². The quantitative estimate of drug-likeness (QED) is 0.248. The molecule has 33 heavy (non-hydrogen) atoms. The van der Waals surface area contributed by atoms with Crippen molar-refractivity contribution in [3.63, 3.8) is 0 Å². The van der Waals surface area contributed by atoms with Crippen LogP contribution in [0.3, 0.4) is 0 Å². The number of hydrogen-bond donors (Lipinski definition) is 1. The Kier molecular flexibility index (Phi) is 6.36. The number of nitrogens with one attached hydrogen (secondary N) is 1. The van der Waals surface area contributed by atoms with E-state index in [1.807, 2.05) is 55.5 Å². The summed E-state index contributed by atoms with van der Waals surface area (Å²) in [5, 5.41) is 15.8. The summed E-state index contributed by atoms with van der Waals surface area (Å²) in [6, 6.07) is 22.7. The summed E-state index contributed by atoms with van der Waals surface area (Å²) >= 11 is 0. The molecule has 0 aliphatic rings. The molecule has 0 radical (unpaired) electrons. The topological polar surface area (TPSA) is 107 Å². The highest BCUT2D eigenvalue weighted by Gasteiger charge is 2.14. The van der Waals surface area contributed by atoms with Crippen LogP contribution in [0.2, 0.25) is 0 Å². The van der Waals surface area contributed by atoms with Crippen LogP contribution in [0.1, 0.15) is 22.8 Å². The van der Waals surface area contributed by atoms with Crippen molar-refractivity contribution in [1.29, 1.82) is 0 Å². The maximum Gasteiger partial charge on any atom is 0.278 e. The third-order valence-corrected chi connectivity index (χ3v) is 4.93. The number of nitrogens with zero attached hydrogens (tertiary/aromatic N) is 3. The first-order valence-corrected chi connectivity index (χ1v) is 10.3. The number of amides is 1. The van der Waals surface area contributed by atoms with Crippen LogP contribution in [-0.4, -0.2) is 28.6 Å². The molecule has 4 rings (SSSR count). The summed E-state index contributed by atoms with van der Waals surface area (Å²) in [5.74, 6) is 0.306. The lowest BCUT2D eigenvalue weighted by Gasteiger charge is -2.10. The molecule has 1 heterocycles. The fourth-order valence-electron chi connectivity index (χ4n) is 3.38. The van der Waals surface area contributed by atoms with E-state index in [1.54, 1.807) is 24.3 Å². The summed E-state index contributed by atoms with van der Waals surface area (Å²) < 4.78 is 5.49. The maximum absolute atomic E-state index is 13.0. The number of carbonyl (C=O) groups is 1. The highest BCUT2D eigenvalue weighted by atomic mass is 16.6. The number of rotatable bonds is 7. The molecule has 0 fully saturated rings. The largest absolute Gasteiger partial charge is 0.494 e. The number of nitro benzene ring substituents is 1. The fraction of sp³-hybridized carbons (Fsp3) is 0.0800. The lowest BCUT2D eigenvalue weighted by Crippen LogP contribution is -2.18. The second-order valence-corrected chi connectivity index (χ2v) is 7.04. The average Bonchev–Trinajstić information content (AvgIpc) is 2.84. The van der Waals surface area contributed by atoms with E-state index in [2.05, 4.69) is 15.5 Å². The van der Waals surface area contributed by atoms with Gasteiger partial charge in [-0.2, -0.15) is 5.10 Å². The number of nitro groups is 1. The van der Waals surface area contributed by atoms with Crippen LogP contribution in [0.25, 0.3) is 22.2 Å². The van der Waals surface area contributed by atoms with Gasteiger partial charge in [-0.15, -0.1) is 0 Å². The molecule has 0 saturated heterocycles. The molecule has 0 atom stereocenters. The van der Waals surface area contributed by atoms with E-state index < -0.39 is 10.8 Å². The minimum atomic E-state index is -0.497. The molecule has 164 valence electrons. The molecule has 3 aromatic carbocycles. The summed E-state index contributed by atoms with van der Waals surface area (Å²) in [6.07, 6.45) is 1.26. The Bertz CT molecular complexity index is 1350. The monoisotopic (exact) mass is 440 g/mol. The lowest BCUT2D eigenvalue weighted by atomic mass is 10.0. The predicted octanol–water partition coefficient (Wildman–Crippen LogP) is 4.97. The SMILES string of the molecule is CCOc1ccc(-c2cc(C(=O)N/N=C/c3ccccc3[N+](=O)[O-])c3ccccc3n2)cc1. The van der Waals surface area contributed by atoms with E-state index in [4.69, 9.17) is 4.74 Å². The Balaban J connectivity index is 1.65. The highest BCUT2D eigenvalue weighted by molar-refractivity contribution is 6.07. The molecule has 0 unspecified atom stereocenters. The van der Waals surface area contributed by atoms with Gasteiger partial charge in [0.2, 0.25) is 0 Å². The van der Waals surface area contributed by atoms with Crippen molar-refractivity contribution in [3.05, 3.63) is 100 Å². The minimum Gasteiger partial charge on any atom is -0.494 e. The van der Waals surface area contributed by atoms with E-state index in [1.165, 1.54) is 12.3 Å². The molecule has 0 bridgehead atoms. The molecule has 0 spiro atoms. The van der Waals surface area contributed by atoms with Gasteiger partial charge >= 0.3 is 0 Å². The highest BCUT2D eigenvalue weighted by Crippen LogP contribution is 2.26. The second-order valence-electron chi connectivity index (χ2n) is 7.04. The molecular formula is C25H20N4O4. The number of aromatic nitrogens is 1. The van der Waals surface area contributed by atoms with Crippen molar-refractivity contribution in [2.75, 3.05) is 6.61 Å². The number of para-hydroxylation sites is 2. The van der Waals surface area contributed by atoms with E-state index in [-0.39, 0.29) is 11.3 Å². The van der Waals surface area contributed by atoms with Gasteiger partial charge in [0, 0.05) is 17.0 Å². The smallest absolute Gasteiger partial charge is 0.278 e. The van der Waals surface area contributed by atoms with Crippen molar-refractivity contribution in [2.45, 2.75) is 6.92 Å². The Morgan fingerprint density at radius 2 is 1.82 bits per heavy atom. The molecule has 0 aliphatic carbocycles. The first kappa shape index (κ1) is 21.6. The van der Waals surface area contributed by atoms with Gasteiger partial charge in [0.25, 0.3) is 11.6 Å². The molecule has 0 aliphatic heterocycles. The zero-order valence-electron chi connectivity index (χ0n) is 17.8. The summed E-state index contributed by atoms with van der Waals surface area (Å²) in [5.41, 5.74) is 5.19. The Morgan fingerprint density at radius 1 is 1.09 bits per heavy atom. The van der Waals surface area contributed by atoms with Gasteiger partial charge in [-0.25, -0.2) is 10.4 Å². The van der Waals surface area contributed by atoms with Crippen LogP contribution in [-0.2, 0) is 0 Å². The zero-order valence-corrected chi connectivity index (χ0v) is 17.8. The minimum absolute atomic E-state index is 0.0948. The van der Waals surface area contributed by atoms with Gasteiger partial charge in [0.1, 0.15) is 5.75 Å². The van der Waals surface area contributed by atoms with Crippen LogP contribution in [0.15, 0.2) is 84.0 Å². The summed E-state index contributed by atoms with van der Waals surface area (Å²) in [6.45, 7) is 2.49.